The van der Waals surface area contributed by atoms with E-state index >= 15 is 0 Å². The Bertz CT molecular complexity index is 944. The minimum atomic E-state index is 0. The van der Waals surface area contributed by atoms with Gasteiger partial charge >= 0.3 is 5.17 Å². The average Bonchev–Trinajstić information content (AvgIpc) is 3.43. The van der Waals surface area contributed by atoms with Crippen LogP contribution in [0.1, 0.15) is 77.8 Å². The Morgan fingerprint density at radius 1 is 0.938 bits per heavy atom. The van der Waals surface area contributed by atoms with Crippen molar-refractivity contribution in [1.82, 2.24) is 4.98 Å². The summed E-state index contributed by atoms with van der Waals surface area (Å²) in [6.07, 6.45) is 11.9. The van der Waals surface area contributed by atoms with E-state index in [1.54, 1.807) is 0 Å². The minimum Gasteiger partial charge on any atom is -1.00 e. The quantitative estimate of drug-likeness (QED) is 0.555. The molecule has 0 spiro atoms. The van der Waals surface area contributed by atoms with E-state index in [1.807, 2.05) is 23.1 Å². The van der Waals surface area contributed by atoms with Crippen LogP contribution in [0, 0.1) is 5.41 Å². The molecule has 1 aromatic rings. The monoisotopic (exact) mass is 536 g/mol. The molecule has 3 aliphatic heterocycles. The summed E-state index contributed by atoms with van der Waals surface area (Å²) in [6, 6.07) is 0. The van der Waals surface area contributed by atoms with Gasteiger partial charge in [-0.25, -0.2) is 4.98 Å². The van der Waals surface area contributed by atoms with Crippen LogP contribution in [-0.2, 0) is 5.41 Å². The number of amidine groups is 1. The molecule has 0 aliphatic carbocycles. The summed E-state index contributed by atoms with van der Waals surface area (Å²) in [5, 5.41) is 2.37. The lowest BCUT2D eigenvalue weighted by atomic mass is 9.89. The molecular weight excluding hydrogens is 500 g/mol. The van der Waals surface area contributed by atoms with Gasteiger partial charge in [0.25, 0.3) is 0 Å². The van der Waals surface area contributed by atoms with Crippen molar-refractivity contribution in [3.8, 4) is 0 Å². The van der Waals surface area contributed by atoms with Crippen molar-refractivity contribution < 1.29 is 21.6 Å². The zero-order valence-corrected chi connectivity index (χ0v) is 23.6. The van der Waals surface area contributed by atoms with Gasteiger partial charge in [0.05, 0.1) is 28.6 Å². The number of rotatable bonds is 3. The molecule has 176 valence electrons. The van der Waals surface area contributed by atoms with Gasteiger partial charge in [-0.2, -0.15) is 0 Å². The summed E-state index contributed by atoms with van der Waals surface area (Å²) in [5.41, 5.74) is 2.50. The molecule has 0 atom stereocenters. The first-order valence-corrected chi connectivity index (χ1v) is 13.3. The zero-order chi connectivity index (χ0) is 22.2. The first-order valence-electron chi connectivity index (χ1n) is 11.7. The van der Waals surface area contributed by atoms with Crippen LogP contribution in [0.2, 0.25) is 0 Å². The Labute approximate surface area is 212 Å². The van der Waals surface area contributed by atoms with Crippen LogP contribution in [0.3, 0.4) is 0 Å². The molecule has 2 saturated heterocycles. The highest BCUT2D eigenvalue weighted by atomic mass is 79.9. The molecule has 0 bridgehead atoms. The zero-order valence-electron chi connectivity index (χ0n) is 20.4. The maximum absolute atomic E-state index is 5.07. The summed E-state index contributed by atoms with van der Waals surface area (Å²) < 4.78 is 2.45. The second-order valence-corrected chi connectivity index (χ2v) is 12.9. The Hall–Kier alpha value is -0.920. The molecule has 3 aliphatic rings. The van der Waals surface area contributed by atoms with Crippen molar-refractivity contribution in [1.29, 1.82) is 0 Å². The number of allylic oxidation sites excluding steroid dienone is 3. The summed E-state index contributed by atoms with van der Waals surface area (Å²) in [5.74, 6) is 0. The number of aliphatic imine (C=N–C) groups is 1. The molecule has 32 heavy (non-hydrogen) atoms. The summed E-state index contributed by atoms with van der Waals surface area (Å²) in [7, 11) is 0. The third kappa shape index (κ3) is 5.76. The van der Waals surface area contributed by atoms with Gasteiger partial charge in [0.15, 0.2) is 10.8 Å². The van der Waals surface area contributed by atoms with Crippen LogP contribution < -0.4 is 21.9 Å². The third-order valence-electron chi connectivity index (χ3n) is 5.95. The number of anilines is 1. The molecule has 1 aromatic heterocycles. The van der Waals surface area contributed by atoms with Crippen molar-refractivity contribution in [3.63, 3.8) is 0 Å². The lowest BCUT2D eigenvalue weighted by molar-refractivity contribution is -0.503. The van der Waals surface area contributed by atoms with Crippen LogP contribution in [0.15, 0.2) is 22.0 Å². The predicted molar refractivity (Wildman–Crippen MR) is 138 cm³/mol. The topological polar surface area (TPSA) is 31.5 Å². The van der Waals surface area contributed by atoms with E-state index in [4.69, 9.17) is 9.98 Å². The Morgan fingerprint density at radius 2 is 1.59 bits per heavy atom. The van der Waals surface area contributed by atoms with Gasteiger partial charge in [0, 0.05) is 35.7 Å². The highest BCUT2D eigenvalue weighted by Crippen LogP contribution is 2.38. The fourth-order valence-corrected chi connectivity index (χ4v) is 6.73. The molecule has 0 unspecified atom stereocenters. The number of aromatic nitrogens is 1. The fraction of sp³-hybridized carbons (Fsp3) is 0.640. The molecule has 4 heterocycles. The van der Waals surface area contributed by atoms with Gasteiger partial charge in [-0.15, -0.1) is 0 Å². The maximum Gasteiger partial charge on any atom is 0.359 e. The molecule has 7 heteroatoms. The van der Waals surface area contributed by atoms with Crippen LogP contribution in [0.25, 0.3) is 6.08 Å². The van der Waals surface area contributed by atoms with E-state index in [-0.39, 0.29) is 27.8 Å². The predicted octanol–water partition coefficient (Wildman–Crippen LogP) is 3.34. The van der Waals surface area contributed by atoms with Crippen molar-refractivity contribution in [3.05, 3.63) is 27.6 Å². The maximum atomic E-state index is 5.07. The van der Waals surface area contributed by atoms with Crippen LogP contribution in [0.4, 0.5) is 5.13 Å². The third-order valence-corrected chi connectivity index (χ3v) is 8.12. The van der Waals surface area contributed by atoms with Gasteiger partial charge < -0.3 is 21.9 Å². The second kappa shape index (κ2) is 10.1. The molecule has 0 N–H and O–H groups in total. The number of nitrogens with zero attached hydrogens (tertiary/aromatic N) is 4. The van der Waals surface area contributed by atoms with Crippen molar-refractivity contribution >= 4 is 45.2 Å². The van der Waals surface area contributed by atoms with Crippen LogP contribution in [0.5, 0.6) is 0 Å². The lowest BCUT2D eigenvalue weighted by Gasteiger charge is -2.17. The summed E-state index contributed by atoms with van der Waals surface area (Å²) >= 11 is 3.68. The second-order valence-electron chi connectivity index (χ2n) is 10.8. The standard InChI is InChI=1S/C25H37N4S2.BrH/c1-24(2,3)20-18(30-22(26-20)28-14-7-8-15-28)12-11-13-19-21(25(4,5)6)27-23(31-19)29-16-9-10-17-29;/h11-13H,7-10,14-17H2,1-6H3;1H/q+1;/p-1. The Kier molecular flexibility index (Phi) is 8.15. The Balaban J connectivity index is 0.00000289. The van der Waals surface area contributed by atoms with E-state index in [0.29, 0.717) is 0 Å². The van der Waals surface area contributed by atoms with Gasteiger partial charge in [-0.3, -0.25) is 4.58 Å². The van der Waals surface area contributed by atoms with Gasteiger partial charge in [0.1, 0.15) is 0 Å². The number of hydrogen-bond acceptors (Lipinski definition) is 4. The largest absolute Gasteiger partial charge is 1.00 e. The highest BCUT2D eigenvalue weighted by molar-refractivity contribution is 8.18. The first kappa shape index (κ1) is 25.7. The molecule has 2 fully saturated rings. The molecular formula is C25H37BrN4S2. The number of thiazole rings is 1. The van der Waals surface area contributed by atoms with Crippen molar-refractivity contribution in [2.24, 2.45) is 10.4 Å². The van der Waals surface area contributed by atoms with E-state index in [1.165, 1.54) is 57.2 Å². The van der Waals surface area contributed by atoms with Gasteiger partial charge in [-0.1, -0.05) is 59.0 Å². The van der Waals surface area contributed by atoms with Crippen molar-refractivity contribution in [2.45, 2.75) is 72.6 Å². The van der Waals surface area contributed by atoms with Gasteiger partial charge in [-0.05, 0) is 42.8 Å². The number of hydrogen-bond donors (Lipinski definition) is 0. The molecule has 4 nitrogen and oxygen atoms in total. The summed E-state index contributed by atoms with van der Waals surface area (Å²) in [4.78, 5) is 15.1. The molecule has 0 radical (unpaired) electrons. The molecule has 0 aromatic carbocycles. The van der Waals surface area contributed by atoms with E-state index in [2.05, 4.69) is 69.2 Å². The average molecular weight is 538 g/mol. The normalized spacial score (nSPS) is 21.2. The van der Waals surface area contributed by atoms with Crippen molar-refractivity contribution in [2.75, 3.05) is 31.1 Å². The number of thioether (sulfide) groups is 1. The summed E-state index contributed by atoms with van der Waals surface area (Å²) in [6.45, 7) is 18.1. The van der Waals surface area contributed by atoms with Crippen LogP contribution >= 0.6 is 23.1 Å². The van der Waals surface area contributed by atoms with E-state index in [0.717, 1.165) is 26.2 Å². The van der Waals surface area contributed by atoms with E-state index in [9.17, 15) is 0 Å². The molecule has 0 amide bonds. The Morgan fingerprint density at radius 3 is 2.19 bits per heavy atom. The number of halogens is 1. The SMILES string of the molecule is CC(C)(C)C1=NC(=[N+]2CCCC2)S/C1=C\C=C\c1sc(N2CCCC2)nc1C(C)(C)C.[Br-]. The molecule has 0 saturated carbocycles. The first-order chi connectivity index (χ1) is 14.6. The highest BCUT2D eigenvalue weighted by Gasteiger charge is 2.38. The lowest BCUT2D eigenvalue weighted by Crippen LogP contribution is -3.00. The van der Waals surface area contributed by atoms with Gasteiger partial charge in [0.2, 0.25) is 0 Å². The minimum absolute atomic E-state index is 0. The molecule has 4 rings (SSSR count). The smallest absolute Gasteiger partial charge is 0.359 e. The fourth-order valence-electron chi connectivity index (χ4n) is 4.25. The van der Waals surface area contributed by atoms with Crippen LogP contribution in [-0.4, -0.2) is 46.6 Å². The van der Waals surface area contributed by atoms with E-state index < -0.39 is 0 Å².